The molecular formula is C12H17ClO5S. The highest BCUT2D eigenvalue weighted by atomic mass is 35.5. The molecule has 7 heteroatoms. The van der Waals surface area contributed by atoms with Crippen molar-refractivity contribution in [1.29, 1.82) is 0 Å². The van der Waals surface area contributed by atoms with Crippen molar-refractivity contribution >= 4 is 21.4 Å². The van der Waals surface area contributed by atoms with Crippen molar-refractivity contribution in [3.8, 4) is 11.5 Å². The molecule has 0 aromatic heterocycles. The Kier molecular flexibility index (Phi) is 5.90. The molecule has 0 radical (unpaired) electrons. The van der Waals surface area contributed by atoms with Crippen LogP contribution in [-0.4, -0.2) is 38.7 Å². The molecule has 1 aromatic carbocycles. The number of methoxy groups -OCH3 is 1. The summed E-state index contributed by atoms with van der Waals surface area (Å²) < 4.78 is 33.3. The smallest absolute Gasteiger partial charge is 0.166 e. The third kappa shape index (κ3) is 4.56. The molecule has 0 unspecified atom stereocenters. The molecule has 0 spiro atoms. The van der Waals surface area contributed by atoms with Crippen LogP contribution >= 0.6 is 11.6 Å². The van der Waals surface area contributed by atoms with Gasteiger partial charge in [0.2, 0.25) is 0 Å². The van der Waals surface area contributed by atoms with Crippen LogP contribution in [0.25, 0.3) is 0 Å². The first-order valence-corrected chi connectivity index (χ1v) is 7.94. The Morgan fingerprint density at radius 3 is 2.58 bits per heavy atom. The van der Waals surface area contributed by atoms with Gasteiger partial charge in [-0.05, 0) is 6.07 Å². The van der Waals surface area contributed by atoms with Gasteiger partial charge in [0.15, 0.2) is 21.3 Å². The number of sulfone groups is 1. The second kappa shape index (κ2) is 6.98. The van der Waals surface area contributed by atoms with Gasteiger partial charge in [-0.2, -0.15) is 0 Å². The highest BCUT2D eigenvalue weighted by Gasteiger charge is 2.14. The fourth-order valence-electron chi connectivity index (χ4n) is 1.47. The molecule has 0 saturated carbocycles. The predicted octanol–water partition coefficient (Wildman–Crippen LogP) is 1.65. The normalized spacial score (nSPS) is 11.4. The van der Waals surface area contributed by atoms with Gasteiger partial charge in [-0.1, -0.05) is 18.5 Å². The Labute approximate surface area is 118 Å². The average Bonchev–Trinajstić information content (AvgIpc) is 2.39. The third-order valence-electron chi connectivity index (χ3n) is 2.57. The molecule has 0 fully saturated rings. The number of hydrogen-bond donors (Lipinski definition) is 1. The Hall–Kier alpha value is -0.980. The molecule has 0 saturated heterocycles. The molecule has 0 amide bonds. The van der Waals surface area contributed by atoms with Crippen LogP contribution in [0.2, 0.25) is 5.02 Å². The maximum atomic E-state index is 11.4. The van der Waals surface area contributed by atoms with Gasteiger partial charge in [0.25, 0.3) is 0 Å². The largest absolute Gasteiger partial charge is 0.493 e. The zero-order valence-electron chi connectivity index (χ0n) is 10.8. The van der Waals surface area contributed by atoms with Gasteiger partial charge in [-0.15, -0.1) is 0 Å². The number of halogens is 1. The van der Waals surface area contributed by atoms with Crippen molar-refractivity contribution in [1.82, 2.24) is 0 Å². The molecule has 0 aliphatic rings. The summed E-state index contributed by atoms with van der Waals surface area (Å²) in [6.07, 6.45) is 0. The van der Waals surface area contributed by atoms with Crippen LogP contribution < -0.4 is 9.47 Å². The summed E-state index contributed by atoms with van der Waals surface area (Å²) in [4.78, 5) is 0. The summed E-state index contributed by atoms with van der Waals surface area (Å²) in [6, 6.07) is 3.10. The number of benzene rings is 1. The van der Waals surface area contributed by atoms with Crippen molar-refractivity contribution in [2.24, 2.45) is 0 Å². The topological polar surface area (TPSA) is 72.8 Å². The number of ether oxygens (including phenoxy) is 2. The first-order valence-electron chi connectivity index (χ1n) is 5.74. The average molecular weight is 309 g/mol. The molecular weight excluding hydrogens is 292 g/mol. The summed E-state index contributed by atoms with van der Waals surface area (Å²) in [5.74, 6) is 0.673. The monoisotopic (exact) mass is 308 g/mol. The van der Waals surface area contributed by atoms with Crippen molar-refractivity contribution in [2.75, 3.05) is 25.2 Å². The minimum Gasteiger partial charge on any atom is -0.493 e. The van der Waals surface area contributed by atoms with Crippen molar-refractivity contribution in [3.05, 3.63) is 22.7 Å². The third-order valence-corrected chi connectivity index (χ3v) is 4.45. The number of aliphatic hydroxyl groups is 1. The molecule has 5 nitrogen and oxygen atoms in total. The Morgan fingerprint density at radius 2 is 2.05 bits per heavy atom. The number of rotatable bonds is 7. The second-order valence-electron chi connectivity index (χ2n) is 3.84. The molecule has 0 aliphatic carbocycles. The van der Waals surface area contributed by atoms with Crippen LogP contribution in [0, 0.1) is 0 Å². The van der Waals surface area contributed by atoms with Crippen molar-refractivity contribution < 1.29 is 23.0 Å². The summed E-state index contributed by atoms with van der Waals surface area (Å²) in [5, 5.41) is 9.67. The van der Waals surface area contributed by atoms with E-state index in [0.717, 1.165) is 0 Å². The highest BCUT2D eigenvalue weighted by Crippen LogP contribution is 2.34. The highest BCUT2D eigenvalue weighted by molar-refractivity contribution is 7.91. The molecule has 1 rings (SSSR count). The lowest BCUT2D eigenvalue weighted by Gasteiger charge is -2.14. The molecule has 1 aromatic rings. The second-order valence-corrected chi connectivity index (χ2v) is 6.75. The van der Waals surface area contributed by atoms with Gasteiger partial charge in [0.05, 0.1) is 19.5 Å². The van der Waals surface area contributed by atoms with Gasteiger partial charge in [0, 0.05) is 22.4 Å². The quantitative estimate of drug-likeness (QED) is 0.829. The molecule has 0 aliphatic heterocycles. The van der Waals surface area contributed by atoms with E-state index in [1.54, 1.807) is 19.1 Å². The summed E-state index contributed by atoms with van der Waals surface area (Å²) in [7, 11) is -1.64. The number of hydrogen-bond acceptors (Lipinski definition) is 5. The van der Waals surface area contributed by atoms with Gasteiger partial charge >= 0.3 is 0 Å². The maximum absolute atomic E-state index is 11.4. The van der Waals surface area contributed by atoms with Gasteiger partial charge < -0.3 is 14.6 Å². The minimum atomic E-state index is -3.09. The lowest BCUT2D eigenvalue weighted by molar-refractivity contribution is 0.260. The van der Waals surface area contributed by atoms with E-state index in [4.69, 9.17) is 21.1 Å². The first-order chi connectivity index (χ1) is 8.93. The van der Waals surface area contributed by atoms with Crippen LogP contribution in [0.3, 0.4) is 0 Å². The zero-order valence-corrected chi connectivity index (χ0v) is 12.4. The number of aliphatic hydroxyl groups excluding tert-OH is 1. The lowest BCUT2D eigenvalue weighted by atomic mass is 10.2. The molecule has 0 bridgehead atoms. The van der Waals surface area contributed by atoms with E-state index in [2.05, 4.69) is 0 Å². The fraction of sp³-hybridized carbons (Fsp3) is 0.500. The minimum absolute atomic E-state index is 0.00116. The van der Waals surface area contributed by atoms with E-state index < -0.39 is 9.84 Å². The van der Waals surface area contributed by atoms with Crippen LogP contribution in [-0.2, 0) is 16.4 Å². The maximum Gasteiger partial charge on any atom is 0.166 e. The van der Waals surface area contributed by atoms with Crippen LogP contribution in [0.5, 0.6) is 11.5 Å². The molecule has 1 N–H and O–H groups in total. The van der Waals surface area contributed by atoms with E-state index in [1.165, 1.54) is 7.11 Å². The Balaban J connectivity index is 2.88. The molecule has 0 heterocycles. The SMILES string of the molecule is CCS(=O)(=O)CCOc1c(CO)cc(Cl)cc1OC. The van der Waals surface area contributed by atoms with Crippen LogP contribution in [0.1, 0.15) is 12.5 Å². The lowest BCUT2D eigenvalue weighted by Crippen LogP contribution is -2.16. The Bertz CT molecular complexity index is 502. The van der Waals surface area contributed by atoms with Crippen molar-refractivity contribution in [3.63, 3.8) is 0 Å². The van der Waals surface area contributed by atoms with E-state index in [0.29, 0.717) is 22.1 Å². The summed E-state index contributed by atoms with van der Waals surface area (Å²) in [5.41, 5.74) is 0.457. The molecule has 108 valence electrons. The predicted molar refractivity (Wildman–Crippen MR) is 73.7 cm³/mol. The summed E-state index contributed by atoms with van der Waals surface area (Å²) in [6.45, 7) is 1.31. The van der Waals surface area contributed by atoms with Crippen molar-refractivity contribution in [2.45, 2.75) is 13.5 Å². The summed E-state index contributed by atoms with van der Waals surface area (Å²) >= 11 is 5.87. The van der Waals surface area contributed by atoms with Crippen LogP contribution in [0.4, 0.5) is 0 Å². The van der Waals surface area contributed by atoms with Gasteiger partial charge in [-0.3, -0.25) is 0 Å². The fourth-order valence-corrected chi connectivity index (χ4v) is 2.33. The first kappa shape index (κ1) is 16.1. The van der Waals surface area contributed by atoms with E-state index in [9.17, 15) is 13.5 Å². The van der Waals surface area contributed by atoms with E-state index >= 15 is 0 Å². The van der Waals surface area contributed by atoms with E-state index in [1.807, 2.05) is 0 Å². The Morgan fingerprint density at radius 1 is 1.37 bits per heavy atom. The zero-order chi connectivity index (χ0) is 14.5. The molecule has 0 atom stereocenters. The van der Waals surface area contributed by atoms with Gasteiger partial charge in [-0.25, -0.2) is 8.42 Å². The van der Waals surface area contributed by atoms with E-state index in [-0.39, 0.29) is 24.7 Å². The van der Waals surface area contributed by atoms with Crippen LogP contribution in [0.15, 0.2) is 12.1 Å². The molecule has 19 heavy (non-hydrogen) atoms. The van der Waals surface area contributed by atoms with Gasteiger partial charge in [0.1, 0.15) is 6.61 Å². The standard InChI is InChI=1S/C12H17ClO5S/c1-3-19(15,16)5-4-18-12-9(8-14)6-10(13)7-11(12)17-2/h6-7,14H,3-5,8H2,1-2H3.